The van der Waals surface area contributed by atoms with Gasteiger partial charge >= 0.3 is 5.97 Å². The maximum Gasteiger partial charge on any atom is 0.336 e. The van der Waals surface area contributed by atoms with E-state index in [4.69, 9.17) is 4.74 Å². The van der Waals surface area contributed by atoms with Gasteiger partial charge in [-0.3, -0.25) is 4.98 Å². The van der Waals surface area contributed by atoms with Gasteiger partial charge in [-0.15, -0.1) is 0 Å². The fourth-order valence-corrected chi connectivity index (χ4v) is 3.06. The second-order valence-electron chi connectivity index (χ2n) is 6.49. The zero-order valence-corrected chi connectivity index (χ0v) is 15.4. The molecular formula is C22H24N2O3. The van der Waals surface area contributed by atoms with Crippen molar-refractivity contribution in [2.24, 2.45) is 0 Å². The molecule has 0 fully saturated rings. The minimum Gasteiger partial charge on any atom is -0.478 e. The average molecular weight is 364 g/mol. The topological polar surface area (TPSA) is 71.5 Å². The van der Waals surface area contributed by atoms with E-state index in [2.05, 4.69) is 22.4 Å². The summed E-state index contributed by atoms with van der Waals surface area (Å²) in [7, 11) is 0. The number of ether oxygens (including phenoxy) is 1. The van der Waals surface area contributed by atoms with Crippen LogP contribution in [0.3, 0.4) is 0 Å². The second kappa shape index (κ2) is 9.26. The van der Waals surface area contributed by atoms with Crippen LogP contribution in [0.5, 0.6) is 0 Å². The highest BCUT2D eigenvalue weighted by Crippen LogP contribution is 2.15. The van der Waals surface area contributed by atoms with E-state index in [1.165, 1.54) is 0 Å². The summed E-state index contributed by atoms with van der Waals surface area (Å²) < 4.78 is 5.66. The molecule has 5 heteroatoms. The highest BCUT2D eigenvalue weighted by Gasteiger charge is 2.12. The highest BCUT2D eigenvalue weighted by atomic mass is 16.5. The molecule has 2 aromatic carbocycles. The van der Waals surface area contributed by atoms with E-state index < -0.39 is 5.97 Å². The zero-order valence-electron chi connectivity index (χ0n) is 15.4. The fourth-order valence-electron chi connectivity index (χ4n) is 3.06. The lowest BCUT2D eigenvalue weighted by Gasteiger charge is -2.10. The lowest BCUT2D eigenvalue weighted by Crippen LogP contribution is -2.17. The Morgan fingerprint density at radius 1 is 1.11 bits per heavy atom. The number of fused-ring (bicyclic) bond motifs is 1. The van der Waals surface area contributed by atoms with Gasteiger partial charge < -0.3 is 15.2 Å². The number of pyridine rings is 1. The van der Waals surface area contributed by atoms with Crippen molar-refractivity contribution in [1.82, 2.24) is 10.3 Å². The lowest BCUT2D eigenvalue weighted by molar-refractivity contribution is 0.0686. The lowest BCUT2D eigenvalue weighted by atomic mass is 10.0. The maximum absolute atomic E-state index is 11.4. The van der Waals surface area contributed by atoms with Crippen molar-refractivity contribution in [3.8, 4) is 0 Å². The van der Waals surface area contributed by atoms with E-state index in [-0.39, 0.29) is 0 Å². The molecule has 0 saturated carbocycles. The Balaban J connectivity index is 1.38. The Morgan fingerprint density at radius 3 is 2.81 bits per heavy atom. The number of hydrogen-bond acceptors (Lipinski definition) is 4. The van der Waals surface area contributed by atoms with Gasteiger partial charge in [-0.05, 0) is 43.1 Å². The number of nitrogens with one attached hydrogen (secondary N) is 1. The molecule has 0 saturated heterocycles. The monoisotopic (exact) mass is 364 g/mol. The molecule has 27 heavy (non-hydrogen) atoms. The summed E-state index contributed by atoms with van der Waals surface area (Å²) in [6, 6.07) is 17.7. The molecule has 3 aromatic rings. The molecule has 1 heterocycles. The molecule has 0 radical (unpaired) electrons. The van der Waals surface area contributed by atoms with Crippen molar-refractivity contribution in [2.75, 3.05) is 13.2 Å². The average Bonchev–Trinajstić information content (AvgIpc) is 2.67. The van der Waals surface area contributed by atoms with Crippen LogP contribution in [0.25, 0.3) is 10.9 Å². The van der Waals surface area contributed by atoms with Gasteiger partial charge in [-0.2, -0.15) is 0 Å². The van der Waals surface area contributed by atoms with E-state index in [1.807, 2.05) is 30.3 Å². The van der Waals surface area contributed by atoms with Crippen LogP contribution in [0, 0.1) is 6.92 Å². The smallest absolute Gasteiger partial charge is 0.336 e. The predicted octanol–water partition coefficient (Wildman–Crippen LogP) is 3.94. The molecule has 140 valence electrons. The third-order valence-corrected chi connectivity index (χ3v) is 4.43. The number of benzene rings is 2. The first-order valence-corrected chi connectivity index (χ1v) is 9.10. The number of nitrogens with zero attached hydrogens (tertiary/aromatic N) is 1. The van der Waals surface area contributed by atoms with E-state index in [1.54, 1.807) is 19.1 Å². The van der Waals surface area contributed by atoms with Crippen LogP contribution < -0.4 is 5.32 Å². The third kappa shape index (κ3) is 5.12. The molecule has 0 aliphatic heterocycles. The first kappa shape index (κ1) is 19.0. The molecule has 0 atom stereocenters. The van der Waals surface area contributed by atoms with Crippen LogP contribution in [-0.4, -0.2) is 29.2 Å². The van der Waals surface area contributed by atoms with Gasteiger partial charge in [0.25, 0.3) is 0 Å². The number of aromatic carboxylic acids is 1. The van der Waals surface area contributed by atoms with Gasteiger partial charge in [0.15, 0.2) is 0 Å². The first-order valence-electron chi connectivity index (χ1n) is 9.10. The van der Waals surface area contributed by atoms with Crippen LogP contribution in [0.15, 0.2) is 54.6 Å². The summed E-state index contributed by atoms with van der Waals surface area (Å²) in [5.41, 5.74) is 3.84. The number of aryl methyl sites for hydroxylation is 1. The Hall–Kier alpha value is -2.76. The Kier molecular flexibility index (Phi) is 6.52. The second-order valence-corrected chi connectivity index (χ2v) is 6.49. The number of para-hydroxylation sites is 1. The van der Waals surface area contributed by atoms with Crippen molar-refractivity contribution in [1.29, 1.82) is 0 Å². The van der Waals surface area contributed by atoms with Gasteiger partial charge in [-0.25, -0.2) is 4.79 Å². The van der Waals surface area contributed by atoms with E-state index >= 15 is 0 Å². The molecule has 1 aromatic heterocycles. The van der Waals surface area contributed by atoms with Crippen LogP contribution in [0.2, 0.25) is 0 Å². The number of carboxylic acids is 1. The quantitative estimate of drug-likeness (QED) is 0.563. The first-order chi connectivity index (χ1) is 13.1. The molecule has 0 aliphatic rings. The molecular weight excluding hydrogens is 340 g/mol. The van der Waals surface area contributed by atoms with Gasteiger partial charge in [-0.1, -0.05) is 42.5 Å². The van der Waals surface area contributed by atoms with E-state index in [0.29, 0.717) is 25.3 Å². The fraction of sp³-hybridized carbons (Fsp3) is 0.273. The zero-order chi connectivity index (χ0) is 19.1. The summed E-state index contributed by atoms with van der Waals surface area (Å²) in [5.74, 6) is -0.906. The number of carbonyl (C=O) groups is 1. The highest BCUT2D eigenvalue weighted by molar-refractivity contribution is 5.91. The summed E-state index contributed by atoms with van der Waals surface area (Å²) in [4.78, 5) is 16.0. The van der Waals surface area contributed by atoms with E-state index in [0.717, 1.165) is 40.7 Å². The molecule has 0 amide bonds. The Bertz CT molecular complexity index is 924. The number of hydrogen-bond donors (Lipinski definition) is 2. The third-order valence-electron chi connectivity index (χ3n) is 4.43. The van der Waals surface area contributed by atoms with Crippen molar-refractivity contribution >= 4 is 16.9 Å². The Morgan fingerprint density at radius 2 is 1.96 bits per heavy atom. The number of rotatable bonds is 9. The molecule has 0 spiro atoms. The van der Waals surface area contributed by atoms with Crippen LogP contribution in [-0.2, 0) is 17.9 Å². The van der Waals surface area contributed by atoms with Crippen LogP contribution in [0.4, 0.5) is 0 Å². The van der Waals surface area contributed by atoms with Gasteiger partial charge in [0, 0.05) is 18.5 Å². The standard InChI is InChI=1S/C22H24N2O3/c1-16-6-4-8-18(21(16)22(25)26)15-27-13-5-12-23-14-19-11-10-17-7-2-3-9-20(17)24-19/h2-4,6-11,23H,5,12-15H2,1H3,(H,25,26). The van der Waals surface area contributed by atoms with E-state index in [9.17, 15) is 9.90 Å². The molecule has 0 bridgehead atoms. The van der Waals surface area contributed by atoms with Crippen LogP contribution in [0.1, 0.15) is 33.6 Å². The molecule has 2 N–H and O–H groups in total. The molecule has 0 aliphatic carbocycles. The number of carboxylic acid groups (broad SMARTS) is 1. The van der Waals surface area contributed by atoms with Gasteiger partial charge in [0.1, 0.15) is 0 Å². The molecule has 5 nitrogen and oxygen atoms in total. The van der Waals surface area contributed by atoms with Crippen molar-refractivity contribution in [3.63, 3.8) is 0 Å². The van der Waals surface area contributed by atoms with Crippen molar-refractivity contribution < 1.29 is 14.6 Å². The molecule has 3 rings (SSSR count). The predicted molar refractivity (Wildman–Crippen MR) is 106 cm³/mol. The summed E-state index contributed by atoms with van der Waals surface area (Å²) in [5, 5.41) is 13.8. The maximum atomic E-state index is 11.4. The largest absolute Gasteiger partial charge is 0.478 e. The summed E-state index contributed by atoms with van der Waals surface area (Å²) in [6.07, 6.45) is 0.849. The van der Waals surface area contributed by atoms with Crippen molar-refractivity contribution in [3.05, 3.63) is 77.0 Å². The summed E-state index contributed by atoms with van der Waals surface area (Å²) in [6.45, 7) is 4.22. The van der Waals surface area contributed by atoms with Crippen LogP contribution >= 0.6 is 0 Å². The van der Waals surface area contributed by atoms with Gasteiger partial charge in [0.05, 0.1) is 23.4 Å². The van der Waals surface area contributed by atoms with Gasteiger partial charge in [0.2, 0.25) is 0 Å². The Labute approximate surface area is 159 Å². The normalized spacial score (nSPS) is 11.0. The molecule has 0 unspecified atom stereocenters. The SMILES string of the molecule is Cc1cccc(COCCCNCc2ccc3ccccc3n2)c1C(=O)O. The minimum atomic E-state index is -0.906. The number of aromatic nitrogens is 1. The minimum absolute atomic E-state index is 0.315. The summed E-state index contributed by atoms with van der Waals surface area (Å²) >= 11 is 0. The van der Waals surface area contributed by atoms with Crippen molar-refractivity contribution in [2.45, 2.75) is 26.5 Å².